The summed E-state index contributed by atoms with van der Waals surface area (Å²) >= 11 is 6.22. The molecule has 1 aliphatic rings. The second-order valence-corrected chi connectivity index (χ2v) is 7.40. The highest BCUT2D eigenvalue weighted by Crippen LogP contribution is 2.37. The molecule has 2 aromatic carbocycles. The fraction of sp³-hybridized carbons (Fsp3) is 0.333. The molecule has 154 valence electrons. The number of amides is 2. The molecule has 0 atom stereocenters. The molecule has 7 nitrogen and oxygen atoms in total. The van der Waals surface area contributed by atoms with Crippen molar-refractivity contribution < 1.29 is 19.1 Å². The van der Waals surface area contributed by atoms with Gasteiger partial charge in [0, 0.05) is 17.8 Å². The Kier molecular flexibility index (Phi) is 6.61. The van der Waals surface area contributed by atoms with Gasteiger partial charge >= 0.3 is 0 Å². The summed E-state index contributed by atoms with van der Waals surface area (Å²) in [4.78, 5) is 26.3. The van der Waals surface area contributed by atoms with E-state index in [0.29, 0.717) is 35.4 Å². The second-order valence-electron chi connectivity index (χ2n) is 6.99. The Balaban J connectivity index is 1.54. The van der Waals surface area contributed by atoms with Gasteiger partial charge in [-0.3, -0.25) is 14.5 Å². The van der Waals surface area contributed by atoms with E-state index in [9.17, 15) is 9.59 Å². The zero-order valence-electron chi connectivity index (χ0n) is 16.7. The van der Waals surface area contributed by atoms with Crippen molar-refractivity contribution in [2.24, 2.45) is 0 Å². The highest BCUT2D eigenvalue weighted by molar-refractivity contribution is 6.34. The van der Waals surface area contributed by atoms with Crippen LogP contribution in [0, 0.1) is 13.8 Å². The average Bonchev–Trinajstić information content (AvgIpc) is 2.65. The van der Waals surface area contributed by atoms with E-state index in [2.05, 4.69) is 10.6 Å². The van der Waals surface area contributed by atoms with Gasteiger partial charge in [-0.1, -0.05) is 23.7 Å². The predicted octanol–water partition coefficient (Wildman–Crippen LogP) is 3.24. The van der Waals surface area contributed by atoms with Gasteiger partial charge in [0.1, 0.15) is 13.2 Å². The first kappa shape index (κ1) is 21.0. The zero-order chi connectivity index (χ0) is 21.0. The number of fused-ring (bicyclic) bond motifs is 1. The number of nitrogens with one attached hydrogen (secondary N) is 2. The normalized spacial score (nSPS) is 12.6. The van der Waals surface area contributed by atoms with Crippen LogP contribution in [0.5, 0.6) is 11.5 Å². The summed E-state index contributed by atoms with van der Waals surface area (Å²) in [7, 11) is 1.70. The van der Waals surface area contributed by atoms with Crippen LogP contribution in [0.15, 0.2) is 30.3 Å². The lowest BCUT2D eigenvalue weighted by Gasteiger charge is -2.20. The molecule has 0 spiro atoms. The molecule has 0 unspecified atom stereocenters. The molecule has 3 rings (SSSR count). The van der Waals surface area contributed by atoms with Gasteiger partial charge in [0.25, 0.3) is 0 Å². The number of ether oxygens (including phenoxy) is 2. The van der Waals surface area contributed by atoms with Gasteiger partial charge in [-0.05, 0) is 38.1 Å². The molecule has 1 heterocycles. The molecule has 0 saturated carbocycles. The summed E-state index contributed by atoms with van der Waals surface area (Å²) < 4.78 is 11.0. The number of rotatable bonds is 6. The smallest absolute Gasteiger partial charge is 0.238 e. The lowest BCUT2D eigenvalue weighted by molar-refractivity contribution is -0.119. The molecule has 0 aromatic heterocycles. The summed E-state index contributed by atoms with van der Waals surface area (Å²) in [5.74, 6) is 0.619. The summed E-state index contributed by atoms with van der Waals surface area (Å²) in [6.07, 6.45) is 0. The maximum absolute atomic E-state index is 12.4. The molecular formula is C21H24ClN3O4. The minimum Gasteiger partial charge on any atom is -0.486 e. The molecule has 2 aromatic rings. The van der Waals surface area contributed by atoms with Crippen molar-refractivity contribution in [2.75, 3.05) is 44.0 Å². The maximum atomic E-state index is 12.4. The van der Waals surface area contributed by atoms with E-state index < -0.39 is 0 Å². The van der Waals surface area contributed by atoms with Crippen molar-refractivity contribution in [2.45, 2.75) is 13.8 Å². The van der Waals surface area contributed by atoms with Crippen molar-refractivity contribution in [3.63, 3.8) is 0 Å². The van der Waals surface area contributed by atoms with Crippen LogP contribution in [-0.2, 0) is 9.59 Å². The molecule has 0 aliphatic carbocycles. The zero-order valence-corrected chi connectivity index (χ0v) is 17.4. The molecule has 2 N–H and O–H groups in total. The van der Waals surface area contributed by atoms with E-state index >= 15 is 0 Å². The predicted molar refractivity (Wildman–Crippen MR) is 113 cm³/mol. The number of aryl methyl sites for hydroxylation is 1. The Morgan fingerprint density at radius 1 is 1.00 bits per heavy atom. The number of likely N-dealkylation sites (N-methyl/N-ethyl adjacent to an activating group) is 1. The number of anilines is 2. The van der Waals surface area contributed by atoms with Crippen molar-refractivity contribution in [1.29, 1.82) is 0 Å². The van der Waals surface area contributed by atoms with E-state index in [1.807, 2.05) is 32.0 Å². The lowest BCUT2D eigenvalue weighted by atomic mass is 10.1. The first-order chi connectivity index (χ1) is 13.8. The summed E-state index contributed by atoms with van der Waals surface area (Å²) in [6, 6.07) is 9.00. The van der Waals surface area contributed by atoms with Crippen molar-refractivity contribution >= 4 is 34.8 Å². The van der Waals surface area contributed by atoms with Gasteiger partial charge in [0.2, 0.25) is 11.8 Å². The number of hydrogen-bond donors (Lipinski definition) is 2. The third-order valence-corrected chi connectivity index (χ3v) is 4.92. The summed E-state index contributed by atoms with van der Waals surface area (Å²) in [6.45, 7) is 4.97. The van der Waals surface area contributed by atoms with Gasteiger partial charge < -0.3 is 20.1 Å². The van der Waals surface area contributed by atoms with Gasteiger partial charge in [0.15, 0.2) is 11.5 Å². The fourth-order valence-corrected chi connectivity index (χ4v) is 3.17. The Labute approximate surface area is 174 Å². The van der Waals surface area contributed by atoms with Gasteiger partial charge in [-0.2, -0.15) is 0 Å². The van der Waals surface area contributed by atoms with Crippen LogP contribution in [0.3, 0.4) is 0 Å². The monoisotopic (exact) mass is 417 g/mol. The molecule has 0 saturated heterocycles. The average molecular weight is 418 g/mol. The molecular weight excluding hydrogens is 394 g/mol. The van der Waals surface area contributed by atoms with E-state index in [1.165, 1.54) is 0 Å². The fourth-order valence-electron chi connectivity index (χ4n) is 2.97. The van der Waals surface area contributed by atoms with Crippen LogP contribution in [0.25, 0.3) is 0 Å². The maximum Gasteiger partial charge on any atom is 0.238 e. The van der Waals surface area contributed by atoms with E-state index in [0.717, 1.165) is 16.8 Å². The van der Waals surface area contributed by atoms with Crippen LogP contribution < -0.4 is 20.1 Å². The first-order valence-electron chi connectivity index (χ1n) is 9.27. The molecule has 0 fully saturated rings. The minimum atomic E-state index is -0.286. The van der Waals surface area contributed by atoms with Gasteiger partial charge in [-0.25, -0.2) is 0 Å². The quantitative estimate of drug-likeness (QED) is 0.754. The molecule has 0 radical (unpaired) electrons. The van der Waals surface area contributed by atoms with Crippen LogP contribution in [-0.4, -0.2) is 50.1 Å². The largest absolute Gasteiger partial charge is 0.486 e. The summed E-state index contributed by atoms with van der Waals surface area (Å²) in [5, 5.41) is 5.99. The van der Waals surface area contributed by atoms with Gasteiger partial charge in [-0.15, -0.1) is 0 Å². The lowest BCUT2D eigenvalue weighted by Crippen LogP contribution is -2.36. The van der Waals surface area contributed by atoms with E-state index in [1.54, 1.807) is 24.1 Å². The SMILES string of the molecule is Cc1cccc(NC(=O)CN(C)CC(=O)Nc2cc3c(cc2Cl)OCCO3)c1C. The minimum absolute atomic E-state index is 0.0327. The second kappa shape index (κ2) is 9.15. The van der Waals surface area contributed by atoms with Crippen LogP contribution in [0.2, 0.25) is 5.02 Å². The Bertz CT molecular complexity index is 932. The highest BCUT2D eigenvalue weighted by Gasteiger charge is 2.17. The number of carbonyl (C=O) groups excluding carboxylic acids is 2. The third-order valence-electron chi connectivity index (χ3n) is 4.61. The number of nitrogens with zero attached hydrogens (tertiary/aromatic N) is 1. The third kappa shape index (κ3) is 5.40. The molecule has 0 bridgehead atoms. The number of carbonyl (C=O) groups is 2. The van der Waals surface area contributed by atoms with E-state index in [-0.39, 0.29) is 24.9 Å². The Morgan fingerprint density at radius 2 is 1.59 bits per heavy atom. The highest BCUT2D eigenvalue weighted by atomic mass is 35.5. The van der Waals surface area contributed by atoms with E-state index in [4.69, 9.17) is 21.1 Å². The van der Waals surface area contributed by atoms with Crippen LogP contribution in [0.1, 0.15) is 11.1 Å². The van der Waals surface area contributed by atoms with Crippen molar-refractivity contribution in [3.8, 4) is 11.5 Å². The van der Waals surface area contributed by atoms with Gasteiger partial charge in [0.05, 0.1) is 23.8 Å². The molecule has 1 aliphatic heterocycles. The standard InChI is InChI=1S/C21H24ClN3O4/c1-13-5-4-6-16(14(13)2)23-20(26)11-25(3)12-21(27)24-17-10-19-18(9-15(17)22)28-7-8-29-19/h4-6,9-10H,7-8,11-12H2,1-3H3,(H,23,26)(H,24,27). The molecule has 8 heteroatoms. The number of hydrogen-bond acceptors (Lipinski definition) is 5. The van der Waals surface area contributed by atoms with Crippen LogP contribution >= 0.6 is 11.6 Å². The molecule has 2 amide bonds. The molecule has 29 heavy (non-hydrogen) atoms. The number of halogens is 1. The summed E-state index contributed by atoms with van der Waals surface area (Å²) in [5.41, 5.74) is 3.34. The Hall–Kier alpha value is -2.77. The topological polar surface area (TPSA) is 79.9 Å². The van der Waals surface area contributed by atoms with Crippen LogP contribution in [0.4, 0.5) is 11.4 Å². The Morgan fingerprint density at radius 3 is 2.24 bits per heavy atom. The number of benzene rings is 2. The first-order valence-corrected chi connectivity index (χ1v) is 9.65. The van der Waals surface area contributed by atoms with Crippen molar-refractivity contribution in [1.82, 2.24) is 4.90 Å². The van der Waals surface area contributed by atoms with Crippen molar-refractivity contribution in [3.05, 3.63) is 46.5 Å².